The topological polar surface area (TPSA) is 159 Å². The number of nitrogens with one attached hydrogen (secondary N) is 2. The van der Waals surface area contributed by atoms with Gasteiger partial charge in [-0.2, -0.15) is 11.8 Å². The Kier molecular flexibility index (Phi) is 7.74. The van der Waals surface area contributed by atoms with Crippen LogP contribution in [0.2, 0.25) is 0 Å². The van der Waals surface area contributed by atoms with E-state index in [0.717, 1.165) is 13.8 Å². The summed E-state index contributed by atoms with van der Waals surface area (Å²) in [5.74, 6) is -1.10. The van der Waals surface area contributed by atoms with E-state index >= 15 is 0 Å². The number of thioether (sulfide) groups is 1. The maximum atomic E-state index is 12.3. The Balaban J connectivity index is 2.03. The lowest BCUT2D eigenvalue weighted by Crippen LogP contribution is -2.46. The Morgan fingerprint density at radius 3 is 2.50 bits per heavy atom. The van der Waals surface area contributed by atoms with Crippen molar-refractivity contribution in [2.45, 2.75) is 19.0 Å². The third kappa shape index (κ3) is 5.06. The molecule has 2 rings (SSSR count). The molecule has 0 aliphatic heterocycles. The molecule has 2 aromatic rings. The third-order valence-electron chi connectivity index (χ3n) is 4.29. The molecule has 13 nitrogen and oxygen atoms in total. The predicted molar refractivity (Wildman–Crippen MR) is 108 cm³/mol. The Labute approximate surface area is 174 Å². The van der Waals surface area contributed by atoms with Crippen molar-refractivity contribution in [2.75, 3.05) is 25.7 Å². The Bertz CT molecular complexity index is 1070. The molecular weight excluding hydrogens is 418 g/mol. The average Bonchev–Trinajstić information content (AvgIpc) is 3.15. The summed E-state index contributed by atoms with van der Waals surface area (Å²) in [4.78, 5) is 60.3. The molecule has 0 radical (unpaired) electrons. The van der Waals surface area contributed by atoms with Gasteiger partial charge in [-0.1, -0.05) is 5.21 Å². The number of ether oxygens (including phenoxy) is 1. The largest absolute Gasteiger partial charge is 0.467 e. The molecule has 2 amide bonds. The molecule has 14 heteroatoms. The molecule has 0 spiro atoms. The van der Waals surface area contributed by atoms with Crippen molar-refractivity contribution in [1.82, 2.24) is 34.8 Å². The first-order valence-corrected chi connectivity index (χ1v) is 10.2. The van der Waals surface area contributed by atoms with Crippen LogP contribution in [0.1, 0.15) is 6.42 Å². The number of hydrogen-bond donors (Lipinski definition) is 2. The van der Waals surface area contributed by atoms with Crippen molar-refractivity contribution in [2.24, 2.45) is 14.1 Å². The SMILES string of the molecule is COC(=O)[C@H](CCSC)NC(=O)CNC(=O)Cn1nnc2c1c(=O)n(C)c(=O)n2C. The van der Waals surface area contributed by atoms with Crippen molar-refractivity contribution in [1.29, 1.82) is 0 Å². The van der Waals surface area contributed by atoms with E-state index in [-0.39, 0.29) is 24.3 Å². The molecule has 0 fully saturated rings. The van der Waals surface area contributed by atoms with Crippen molar-refractivity contribution in [3.63, 3.8) is 0 Å². The number of amides is 2. The number of rotatable bonds is 9. The standard InChI is InChI=1S/C16H23N7O6S/c1-21-13-12(14(26)22(2)16(21)28)23(20-19-13)8-11(25)17-7-10(24)18-9(5-6-30-4)15(27)29-3/h9H,5-8H2,1-4H3,(H,17,25)(H,18,24)/t9-/m0/s1. The van der Waals surface area contributed by atoms with Gasteiger partial charge >= 0.3 is 11.7 Å². The number of esters is 1. The lowest BCUT2D eigenvalue weighted by Gasteiger charge is -2.16. The van der Waals surface area contributed by atoms with Gasteiger partial charge in [0, 0.05) is 14.1 Å². The monoisotopic (exact) mass is 441 g/mol. The first-order chi connectivity index (χ1) is 14.2. The number of carbonyl (C=O) groups is 3. The summed E-state index contributed by atoms with van der Waals surface area (Å²) in [6, 6.07) is -0.810. The first kappa shape index (κ1) is 23.1. The summed E-state index contributed by atoms with van der Waals surface area (Å²) < 4.78 is 7.75. The molecule has 2 N–H and O–H groups in total. The van der Waals surface area contributed by atoms with Crippen molar-refractivity contribution >= 4 is 40.7 Å². The molecule has 0 aliphatic rings. The molecule has 30 heavy (non-hydrogen) atoms. The molecule has 0 unspecified atom stereocenters. The van der Waals surface area contributed by atoms with Crippen LogP contribution in [0, 0.1) is 0 Å². The van der Waals surface area contributed by atoms with Crippen LogP contribution in [-0.2, 0) is 39.8 Å². The molecule has 0 saturated carbocycles. The van der Waals surface area contributed by atoms with Gasteiger partial charge in [0.15, 0.2) is 11.2 Å². The highest BCUT2D eigenvalue weighted by Gasteiger charge is 2.22. The molecule has 0 aliphatic carbocycles. The van der Waals surface area contributed by atoms with Gasteiger partial charge in [-0.05, 0) is 18.4 Å². The second kappa shape index (κ2) is 10.0. The normalized spacial score (nSPS) is 11.9. The fraction of sp³-hybridized carbons (Fsp3) is 0.562. The lowest BCUT2D eigenvalue weighted by atomic mass is 10.2. The fourth-order valence-corrected chi connectivity index (χ4v) is 3.12. The molecule has 2 aromatic heterocycles. The van der Waals surface area contributed by atoms with Crippen LogP contribution in [0.25, 0.3) is 11.2 Å². The highest BCUT2D eigenvalue weighted by molar-refractivity contribution is 7.98. The first-order valence-electron chi connectivity index (χ1n) is 8.83. The summed E-state index contributed by atoms with van der Waals surface area (Å²) >= 11 is 1.52. The van der Waals surface area contributed by atoms with Gasteiger partial charge in [0.05, 0.1) is 13.7 Å². The summed E-state index contributed by atoms with van der Waals surface area (Å²) in [5, 5.41) is 12.4. The van der Waals surface area contributed by atoms with E-state index in [9.17, 15) is 24.0 Å². The minimum atomic E-state index is -0.810. The third-order valence-corrected chi connectivity index (χ3v) is 4.93. The quantitative estimate of drug-likeness (QED) is 0.396. The van der Waals surface area contributed by atoms with Gasteiger partial charge in [0.2, 0.25) is 11.8 Å². The van der Waals surface area contributed by atoms with E-state index in [4.69, 9.17) is 0 Å². The molecule has 0 aromatic carbocycles. The van der Waals surface area contributed by atoms with Crippen molar-refractivity contribution < 1.29 is 19.1 Å². The van der Waals surface area contributed by atoms with Gasteiger partial charge in [-0.15, -0.1) is 5.10 Å². The van der Waals surface area contributed by atoms with Crippen molar-refractivity contribution in [3.8, 4) is 0 Å². The van der Waals surface area contributed by atoms with E-state index < -0.39 is 35.1 Å². The number of aryl methyl sites for hydroxylation is 1. The number of carbonyl (C=O) groups excluding carboxylic acids is 3. The molecule has 0 bridgehead atoms. The average molecular weight is 441 g/mol. The minimum Gasteiger partial charge on any atom is -0.467 e. The van der Waals surface area contributed by atoms with Gasteiger partial charge in [-0.25, -0.2) is 14.3 Å². The summed E-state index contributed by atoms with van der Waals surface area (Å²) in [7, 11) is 3.97. The van der Waals surface area contributed by atoms with E-state index in [2.05, 4.69) is 25.7 Å². The Morgan fingerprint density at radius 1 is 1.17 bits per heavy atom. The minimum absolute atomic E-state index is 0.0120. The second-order valence-electron chi connectivity index (χ2n) is 6.33. The van der Waals surface area contributed by atoms with Crippen LogP contribution in [0.4, 0.5) is 0 Å². The molecule has 0 saturated heterocycles. The van der Waals surface area contributed by atoms with E-state index in [1.54, 1.807) is 0 Å². The number of nitrogens with zero attached hydrogens (tertiary/aromatic N) is 5. The number of fused-ring (bicyclic) bond motifs is 1. The second-order valence-corrected chi connectivity index (χ2v) is 7.31. The van der Waals surface area contributed by atoms with Crippen LogP contribution in [0.5, 0.6) is 0 Å². The highest BCUT2D eigenvalue weighted by atomic mass is 32.2. The molecule has 164 valence electrons. The molecule has 1 atom stereocenters. The maximum absolute atomic E-state index is 12.3. The zero-order valence-electron chi connectivity index (χ0n) is 17.0. The summed E-state index contributed by atoms with van der Waals surface area (Å²) in [6.45, 7) is -0.765. The predicted octanol–water partition coefficient (Wildman–Crippen LogP) is -2.64. The number of aromatic nitrogens is 5. The van der Waals surface area contributed by atoms with Gasteiger partial charge in [0.1, 0.15) is 12.6 Å². The van der Waals surface area contributed by atoms with Crippen LogP contribution in [0.15, 0.2) is 9.59 Å². The van der Waals surface area contributed by atoms with E-state index in [0.29, 0.717) is 12.2 Å². The fourth-order valence-electron chi connectivity index (χ4n) is 2.65. The van der Waals surface area contributed by atoms with Gasteiger partial charge in [0.25, 0.3) is 5.56 Å². The van der Waals surface area contributed by atoms with Crippen molar-refractivity contribution in [3.05, 3.63) is 20.8 Å². The number of hydrogen-bond acceptors (Lipinski definition) is 9. The summed E-state index contributed by atoms with van der Waals surface area (Å²) in [6.07, 6.45) is 2.26. The van der Waals surface area contributed by atoms with Gasteiger partial charge in [-0.3, -0.25) is 23.5 Å². The zero-order chi connectivity index (χ0) is 22.4. The lowest BCUT2D eigenvalue weighted by molar-refractivity contribution is -0.145. The zero-order valence-corrected chi connectivity index (χ0v) is 17.8. The van der Waals surface area contributed by atoms with E-state index in [1.165, 1.54) is 33.0 Å². The number of methoxy groups -OCH3 is 1. The summed E-state index contributed by atoms with van der Waals surface area (Å²) in [5.41, 5.74) is -1.17. The van der Waals surface area contributed by atoms with E-state index in [1.807, 2.05) is 6.26 Å². The molecule has 2 heterocycles. The smallest absolute Gasteiger partial charge is 0.332 e. The highest BCUT2D eigenvalue weighted by Crippen LogP contribution is 2.03. The Morgan fingerprint density at radius 2 is 1.87 bits per heavy atom. The van der Waals surface area contributed by atoms with Crippen LogP contribution in [0.3, 0.4) is 0 Å². The Hall–Kier alpha value is -3.16. The van der Waals surface area contributed by atoms with Crippen LogP contribution >= 0.6 is 11.8 Å². The van der Waals surface area contributed by atoms with Gasteiger partial charge < -0.3 is 15.4 Å². The maximum Gasteiger partial charge on any atom is 0.332 e. The van der Waals surface area contributed by atoms with Crippen LogP contribution in [-0.4, -0.2) is 73.6 Å². The molecular formula is C16H23N7O6S. The van der Waals surface area contributed by atoms with Crippen LogP contribution < -0.4 is 21.9 Å².